The Kier molecular flexibility index (Phi) is 6.32. The molecule has 3 rings (SSSR count). The van der Waals surface area contributed by atoms with Crippen LogP contribution in [-0.4, -0.2) is 41.3 Å². The third-order valence-electron chi connectivity index (χ3n) is 5.05. The number of sulfonamides is 1. The van der Waals surface area contributed by atoms with Crippen molar-refractivity contribution < 1.29 is 22.7 Å². The van der Waals surface area contributed by atoms with E-state index >= 15 is 0 Å². The molecule has 0 fully saturated rings. The van der Waals surface area contributed by atoms with E-state index in [0.717, 1.165) is 35.4 Å². The fourth-order valence-electron chi connectivity index (χ4n) is 3.65. The van der Waals surface area contributed by atoms with Gasteiger partial charge in [-0.25, -0.2) is 8.42 Å². The smallest absolute Gasteiger partial charge is 0.241 e. The van der Waals surface area contributed by atoms with Crippen molar-refractivity contribution >= 4 is 21.6 Å². The number of hydrogen-bond donors (Lipinski definition) is 1. The third kappa shape index (κ3) is 4.82. The average molecular weight is 419 g/mol. The van der Waals surface area contributed by atoms with Crippen molar-refractivity contribution in [1.82, 2.24) is 5.32 Å². The van der Waals surface area contributed by atoms with Gasteiger partial charge in [-0.1, -0.05) is 24.3 Å². The average Bonchev–Trinajstić information content (AvgIpc) is 2.71. The number of benzene rings is 2. The molecule has 1 aliphatic carbocycles. The Morgan fingerprint density at radius 1 is 1.14 bits per heavy atom. The SMILES string of the molecule is COc1ccc(N(CC(=O)N[C@H]2CCCc3ccccc32)S(C)(=O)=O)cc1OC. The van der Waals surface area contributed by atoms with E-state index in [1.54, 1.807) is 18.2 Å². The zero-order chi connectivity index (χ0) is 21.0. The number of methoxy groups -OCH3 is 2. The Morgan fingerprint density at radius 2 is 1.86 bits per heavy atom. The molecule has 0 spiro atoms. The predicted octanol–water partition coefficient (Wildman–Crippen LogP) is 2.66. The molecule has 0 saturated heterocycles. The summed E-state index contributed by atoms with van der Waals surface area (Å²) in [6.07, 6.45) is 3.88. The molecule has 0 aromatic heterocycles. The van der Waals surface area contributed by atoms with Crippen molar-refractivity contribution in [2.24, 2.45) is 0 Å². The largest absolute Gasteiger partial charge is 0.493 e. The summed E-state index contributed by atoms with van der Waals surface area (Å²) in [5, 5.41) is 3.00. The number of hydrogen-bond acceptors (Lipinski definition) is 5. The molecule has 0 aliphatic heterocycles. The van der Waals surface area contributed by atoms with Gasteiger partial charge in [0.1, 0.15) is 6.54 Å². The molecule has 0 heterocycles. The van der Waals surface area contributed by atoms with Gasteiger partial charge in [-0.3, -0.25) is 9.10 Å². The van der Waals surface area contributed by atoms with Crippen LogP contribution in [0.4, 0.5) is 5.69 Å². The van der Waals surface area contributed by atoms with Gasteiger partial charge in [0.15, 0.2) is 11.5 Å². The van der Waals surface area contributed by atoms with Crippen LogP contribution in [0.5, 0.6) is 11.5 Å². The second-order valence-electron chi connectivity index (χ2n) is 7.02. The Morgan fingerprint density at radius 3 is 2.55 bits per heavy atom. The van der Waals surface area contributed by atoms with Crippen LogP contribution >= 0.6 is 0 Å². The summed E-state index contributed by atoms with van der Waals surface area (Å²) in [5.74, 6) is 0.514. The maximum absolute atomic E-state index is 12.8. The second-order valence-corrected chi connectivity index (χ2v) is 8.93. The van der Waals surface area contributed by atoms with Crippen LogP contribution in [0.15, 0.2) is 42.5 Å². The summed E-state index contributed by atoms with van der Waals surface area (Å²) >= 11 is 0. The number of rotatable bonds is 7. The van der Waals surface area contributed by atoms with Gasteiger partial charge in [0.05, 0.1) is 32.2 Å². The molecule has 0 unspecified atom stereocenters. The van der Waals surface area contributed by atoms with Gasteiger partial charge in [-0.2, -0.15) is 0 Å². The molecule has 1 N–H and O–H groups in total. The third-order valence-corrected chi connectivity index (χ3v) is 6.19. The molecular formula is C21H26N2O5S. The lowest BCUT2D eigenvalue weighted by Crippen LogP contribution is -2.42. The molecule has 0 saturated carbocycles. The van der Waals surface area contributed by atoms with Gasteiger partial charge in [-0.05, 0) is 42.5 Å². The minimum absolute atomic E-state index is 0.112. The highest BCUT2D eigenvalue weighted by Gasteiger charge is 2.26. The van der Waals surface area contributed by atoms with Crippen molar-refractivity contribution in [2.75, 3.05) is 31.3 Å². The highest BCUT2D eigenvalue weighted by Crippen LogP contribution is 2.33. The Labute approximate surface area is 171 Å². The highest BCUT2D eigenvalue weighted by atomic mass is 32.2. The monoisotopic (exact) mass is 418 g/mol. The van der Waals surface area contributed by atoms with Crippen LogP contribution < -0.4 is 19.1 Å². The maximum Gasteiger partial charge on any atom is 0.241 e. The summed E-state index contributed by atoms with van der Waals surface area (Å²) in [6, 6.07) is 12.7. The van der Waals surface area contributed by atoms with E-state index in [1.807, 2.05) is 18.2 Å². The van der Waals surface area contributed by atoms with Crippen molar-refractivity contribution in [3.05, 3.63) is 53.6 Å². The Hall–Kier alpha value is -2.74. The highest BCUT2D eigenvalue weighted by molar-refractivity contribution is 7.92. The quantitative estimate of drug-likeness (QED) is 0.747. The Bertz CT molecular complexity index is 990. The molecule has 156 valence electrons. The molecule has 8 heteroatoms. The first-order valence-corrected chi connectivity index (χ1v) is 11.2. The van der Waals surface area contributed by atoms with E-state index in [4.69, 9.17) is 9.47 Å². The van der Waals surface area contributed by atoms with Gasteiger partial charge in [0.2, 0.25) is 15.9 Å². The lowest BCUT2D eigenvalue weighted by Gasteiger charge is -2.28. The van der Waals surface area contributed by atoms with E-state index in [9.17, 15) is 13.2 Å². The standard InChI is InChI=1S/C21H26N2O5S/c1-27-19-12-11-16(13-20(19)28-2)23(29(3,25)26)14-21(24)22-18-10-6-8-15-7-4-5-9-17(15)18/h4-5,7,9,11-13,18H,6,8,10,14H2,1-3H3,(H,22,24)/t18-/m0/s1. The number of amides is 1. The fraction of sp³-hybridized carbons (Fsp3) is 0.381. The summed E-state index contributed by atoms with van der Waals surface area (Å²) in [5.41, 5.74) is 2.66. The molecule has 7 nitrogen and oxygen atoms in total. The number of fused-ring (bicyclic) bond motifs is 1. The van der Waals surface area contributed by atoms with Gasteiger partial charge in [0.25, 0.3) is 0 Å². The number of anilines is 1. The lowest BCUT2D eigenvalue weighted by atomic mass is 9.88. The van der Waals surface area contributed by atoms with Crippen molar-refractivity contribution in [3.8, 4) is 11.5 Å². The zero-order valence-corrected chi connectivity index (χ0v) is 17.7. The second kappa shape index (κ2) is 8.73. The number of ether oxygens (including phenoxy) is 2. The summed E-state index contributed by atoms with van der Waals surface area (Å²) < 4.78 is 36.3. The van der Waals surface area contributed by atoms with Gasteiger partial charge >= 0.3 is 0 Å². The number of aryl methyl sites for hydroxylation is 1. The summed E-state index contributed by atoms with van der Waals surface area (Å²) in [7, 11) is -0.710. The van der Waals surface area contributed by atoms with E-state index < -0.39 is 10.0 Å². The number of carbonyl (C=O) groups excluding carboxylic acids is 1. The molecular weight excluding hydrogens is 392 g/mol. The molecule has 2 aromatic carbocycles. The van der Waals surface area contributed by atoms with Crippen LogP contribution in [0.25, 0.3) is 0 Å². The predicted molar refractivity (Wildman–Crippen MR) is 112 cm³/mol. The van der Waals surface area contributed by atoms with Gasteiger partial charge in [0, 0.05) is 6.07 Å². The molecule has 29 heavy (non-hydrogen) atoms. The molecule has 0 radical (unpaired) electrons. The van der Waals surface area contributed by atoms with Crippen LogP contribution in [-0.2, 0) is 21.2 Å². The van der Waals surface area contributed by atoms with Crippen molar-refractivity contribution in [3.63, 3.8) is 0 Å². The van der Waals surface area contributed by atoms with E-state index in [0.29, 0.717) is 17.2 Å². The number of carbonyl (C=O) groups is 1. The fourth-order valence-corrected chi connectivity index (χ4v) is 4.50. The normalized spacial score (nSPS) is 15.9. The lowest BCUT2D eigenvalue weighted by molar-refractivity contribution is -0.120. The molecule has 1 aliphatic rings. The molecule has 1 amide bonds. The molecule has 1 atom stereocenters. The molecule has 0 bridgehead atoms. The number of nitrogens with zero attached hydrogens (tertiary/aromatic N) is 1. The first-order valence-electron chi connectivity index (χ1n) is 9.40. The first-order chi connectivity index (χ1) is 13.8. The number of nitrogens with one attached hydrogen (secondary N) is 1. The van der Waals surface area contributed by atoms with Crippen LogP contribution in [0.2, 0.25) is 0 Å². The summed E-state index contributed by atoms with van der Waals surface area (Å²) in [6.45, 7) is -0.313. The van der Waals surface area contributed by atoms with Gasteiger partial charge < -0.3 is 14.8 Å². The van der Waals surface area contributed by atoms with Crippen molar-refractivity contribution in [1.29, 1.82) is 0 Å². The Balaban J connectivity index is 1.81. The van der Waals surface area contributed by atoms with Crippen LogP contribution in [0.1, 0.15) is 30.0 Å². The van der Waals surface area contributed by atoms with E-state index in [2.05, 4.69) is 11.4 Å². The van der Waals surface area contributed by atoms with Crippen molar-refractivity contribution in [2.45, 2.75) is 25.3 Å². The minimum Gasteiger partial charge on any atom is -0.493 e. The van der Waals surface area contributed by atoms with Gasteiger partial charge in [-0.15, -0.1) is 0 Å². The van der Waals surface area contributed by atoms with Crippen LogP contribution in [0, 0.1) is 0 Å². The van der Waals surface area contributed by atoms with E-state index in [1.165, 1.54) is 19.8 Å². The van der Waals surface area contributed by atoms with Crippen LogP contribution in [0.3, 0.4) is 0 Å². The molecule has 2 aromatic rings. The van der Waals surface area contributed by atoms with E-state index in [-0.39, 0.29) is 18.5 Å². The zero-order valence-electron chi connectivity index (χ0n) is 16.8. The maximum atomic E-state index is 12.8. The first kappa shape index (κ1) is 21.0. The minimum atomic E-state index is -3.68. The topological polar surface area (TPSA) is 84.9 Å². The summed E-state index contributed by atoms with van der Waals surface area (Å²) in [4.78, 5) is 12.8.